The van der Waals surface area contributed by atoms with Crippen molar-refractivity contribution in [3.8, 4) is 0 Å². The van der Waals surface area contributed by atoms with Crippen LogP contribution in [-0.4, -0.2) is 19.0 Å². The van der Waals surface area contributed by atoms with Gasteiger partial charge in [-0.1, -0.05) is 6.92 Å². The zero-order chi connectivity index (χ0) is 13.7. The Morgan fingerprint density at radius 3 is 2.22 bits per heavy atom. The normalized spacial score (nSPS) is 10.3. The molecule has 1 aromatic carbocycles. The number of nitrogens with one attached hydrogen (secondary N) is 2. The van der Waals surface area contributed by atoms with E-state index in [9.17, 15) is 22.4 Å². The second kappa shape index (κ2) is 6.23. The Morgan fingerprint density at radius 2 is 1.72 bits per heavy atom. The fourth-order valence-electron chi connectivity index (χ4n) is 1.22. The van der Waals surface area contributed by atoms with Gasteiger partial charge >= 0.3 is 0 Å². The summed E-state index contributed by atoms with van der Waals surface area (Å²) in [5.74, 6) is -6.69. The first-order chi connectivity index (χ1) is 8.47. The van der Waals surface area contributed by atoms with Gasteiger partial charge in [-0.2, -0.15) is 0 Å². The fourth-order valence-corrected chi connectivity index (χ4v) is 1.22. The molecule has 0 spiro atoms. The van der Waals surface area contributed by atoms with E-state index in [1.165, 1.54) is 0 Å². The lowest BCUT2D eigenvalue weighted by molar-refractivity contribution is -0.119. The van der Waals surface area contributed by atoms with Gasteiger partial charge in [-0.05, 0) is 6.42 Å². The van der Waals surface area contributed by atoms with Gasteiger partial charge in [-0.15, -0.1) is 0 Å². The third kappa shape index (κ3) is 3.35. The summed E-state index contributed by atoms with van der Waals surface area (Å²) in [5, 5.41) is 4.47. The van der Waals surface area contributed by atoms with E-state index in [4.69, 9.17) is 0 Å². The molecule has 0 aliphatic heterocycles. The van der Waals surface area contributed by atoms with Gasteiger partial charge in [0.05, 0.1) is 6.54 Å². The Labute approximate surface area is 101 Å². The SMILES string of the molecule is CCCNC(=O)CNc1c(F)c(F)cc(F)c1F. The molecule has 0 heterocycles. The average molecular weight is 264 g/mol. The molecule has 0 radical (unpaired) electrons. The summed E-state index contributed by atoms with van der Waals surface area (Å²) in [4.78, 5) is 11.2. The third-order valence-electron chi connectivity index (χ3n) is 2.11. The molecule has 0 unspecified atom stereocenters. The standard InChI is InChI=1S/C11H12F4N2O/c1-2-3-16-8(18)5-17-11-9(14)6(12)4-7(13)10(11)15/h4,17H,2-3,5H2,1H3,(H,16,18). The quantitative estimate of drug-likeness (QED) is 0.632. The van der Waals surface area contributed by atoms with Gasteiger partial charge < -0.3 is 10.6 Å². The predicted molar refractivity (Wildman–Crippen MR) is 58.1 cm³/mol. The van der Waals surface area contributed by atoms with Crippen LogP contribution >= 0.6 is 0 Å². The monoisotopic (exact) mass is 264 g/mol. The topological polar surface area (TPSA) is 41.1 Å². The number of amides is 1. The van der Waals surface area contributed by atoms with Gasteiger partial charge in [0.1, 0.15) is 5.69 Å². The molecule has 18 heavy (non-hydrogen) atoms. The molecule has 0 saturated heterocycles. The molecule has 100 valence electrons. The van der Waals surface area contributed by atoms with Crippen molar-refractivity contribution < 1.29 is 22.4 Å². The molecule has 7 heteroatoms. The van der Waals surface area contributed by atoms with Gasteiger partial charge in [0.15, 0.2) is 23.3 Å². The Bertz CT molecular complexity index is 425. The largest absolute Gasteiger partial charge is 0.371 e. The third-order valence-corrected chi connectivity index (χ3v) is 2.11. The molecular formula is C11H12F4N2O. The number of hydrogen-bond donors (Lipinski definition) is 2. The molecule has 3 nitrogen and oxygen atoms in total. The van der Waals surface area contributed by atoms with Crippen LogP contribution in [0.3, 0.4) is 0 Å². The van der Waals surface area contributed by atoms with Crippen LogP contribution in [0.25, 0.3) is 0 Å². The minimum absolute atomic E-state index is 0.104. The van der Waals surface area contributed by atoms with E-state index in [1.54, 1.807) is 0 Å². The van der Waals surface area contributed by atoms with Crippen molar-refractivity contribution in [1.29, 1.82) is 0 Å². The Hall–Kier alpha value is -1.79. The first kappa shape index (κ1) is 14.3. The summed E-state index contributed by atoms with van der Waals surface area (Å²) in [5.41, 5.74) is -0.987. The van der Waals surface area contributed by atoms with E-state index >= 15 is 0 Å². The minimum Gasteiger partial charge on any atom is -0.371 e. The number of anilines is 1. The van der Waals surface area contributed by atoms with Crippen molar-refractivity contribution >= 4 is 11.6 Å². The van der Waals surface area contributed by atoms with Crippen LogP contribution in [0.15, 0.2) is 6.07 Å². The maximum atomic E-state index is 13.2. The van der Waals surface area contributed by atoms with Crippen molar-refractivity contribution in [2.75, 3.05) is 18.4 Å². The Balaban J connectivity index is 2.76. The molecule has 0 fully saturated rings. The first-order valence-electron chi connectivity index (χ1n) is 5.31. The van der Waals surface area contributed by atoms with Crippen molar-refractivity contribution in [3.05, 3.63) is 29.3 Å². The first-order valence-corrected chi connectivity index (χ1v) is 5.31. The second-order valence-corrected chi connectivity index (χ2v) is 3.55. The Kier molecular flexibility index (Phi) is 4.94. The zero-order valence-corrected chi connectivity index (χ0v) is 9.62. The highest BCUT2D eigenvalue weighted by Gasteiger charge is 2.19. The number of hydrogen-bond acceptors (Lipinski definition) is 2. The number of rotatable bonds is 5. The van der Waals surface area contributed by atoms with Crippen LogP contribution in [-0.2, 0) is 4.79 Å². The average Bonchev–Trinajstić information content (AvgIpc) is 2.34. The van der Waals surface area contributed by atoms with Crippen LogP contribution in [0.4, 0.5) is 23.2 Å². The van der Waals surface area contributed by atoms with Gasteiger partial charge in [0, 0.05) is 12.6 Å². The number of benzene rings is 1. The minimum atomic E-state index is -1.56. The van der Waals surface area contributed by atoms with Gasteiger partial charge in [0.25, 0.3) is 0 Å². The predicted octanol–water partition coefficient (Wildman–Crippen LogP) is 2.18. The van der Waals surface area contributed by atoms with Crippen LogP contribution in [0, 0.1) is 23.3 Å². The van der Waals surface area contributed by atoms with Crippen LogP contribution < -0.4 is 10.6 Å². The summed E-state index contributed by atoms with van der Waals surface area (Å²) in [6.45, 7) is 1.76. The summed E-state index contributed by atoms with van der Waals surface area (Å²) in [6, 6.07) is 0.104. The van der Waals surface area contributed by atoms with E-state index < -0.39 is 41.4 Å². The van der Waals surface area contributed by atoms with Gasteiger partial charge in [0.2, 0.25) is 5.91 Å². The number of halogens is 4. The van der Waals surface area contributed by atoms with Crippen molar-refractivity contribution in [2.24, 2.45) is 0 Å². The van der Waals surface area contributed by atoms with Gasteiger partial charge in [-0.3, -0.25) is 4.79 Å². The molecule has 0 atom stereocenters. The number of carbonyl (C=O) groups is 1. The fraction of sp³-hybridized carbons (Fsp3) is 0.364. The molecule has 2 N–H and O–H groups in total. The molecule has 0 aliphatic carbocycles. The maximum Gasteiger partial charge on any atom is 0.239 e. The zero-order valence-electron chi connectivity index (χ0n) is 9.62. The van der Waals surface area contributed by atoms with Crippen LogP contribution in [0.2, 0.25) is 0 Å². The van der Waals surface area contributed by atoms with E-state index in [1.807, 2.05) is 12.2 Å². The van der Waals surface area contributed by atoms with Crippen LogP contribution in [0.5, 0.6) is 0 Å². The van der Waals surface area contributed by atoms with Crippen molar-refractivity contribution in [1.82, 2.24) is 5.32 Å². The highest BCUT2D eigenvalue weighted by Crippen LogP contribution is 2.23. The highest BCUT2D eigenvalue weighted by atomic mass is 19.2. The molecule has 0 aliphatic rings. The lowest BCUT2D eigenvalue weighted by Crippen LogP contribution is -2.30. The van der Waals surface area contributed by atoms with Gasteiger partial charge in [-0.25, -0.2) is 17.6 Å². The molecule has 0 saturated carbocycles. The van der Waals surface area contributed by atoms with Crippen molar-refractivity contribution in [2.45, 2.75) is 13.3 Å². The summed E-state index contributed by atoms with van der Waals surface area (Å²) in [6.07, 6.45) is 0.697. The summed E-state index contributed by atoms with van der Waals surface area (Å²) < 4.78 is 52.0. The van der Waals surface area contributed by atoms with E-state index in [-0.39, 0.29) is 6.07 Å². The lowest BCUT2D eigenvalue weighted by Gasteiger charge is -2.10. The summed E-state index contributed by atoms with van der Waals surface area (Å²) >= 11 is 0. The van der Waals surface area contributed by atoms with Crippen LogP contribution in [0.1, 0.15) is 13.3 Å². The van der Waals surface area contributed by atoms with E-state index in [0.29, 0.717) is 13.0 Å². The molecular weight excluding hydrogens is 252 g/mol. The van der Waals surface area contributed by atoms with E-state index in [0.717, 1.165) is 0 Å². The van der Waals surface area contributed by atoms with Crippen molar-refractivity contribution in [3.63, 3.8) is 0 Å². The second-order valence-electron chi connectivity index (χ2n) is 3.55. The smallest absolute Gasteiger partial charge is 0.239 e. The molecule has 1 rings (SSSR count). The molecule has 0 bridgehead atoms. The Morgan fingerprint density at radius 1 is 1.17 bits per heavy atom. The maximum absolute atomic E-state index is 13.2. The lowest BCUT2D eigenvalue weighted by atomic mass is 10.2. The highest BCUT2D eigenvalue weighted by molar-refractivity contribution is 5.80. The number of carbonyl (C=O) groups excluding carboxylic acids is 1. The molecule has 1 aromatic rings. The summed E-state index contributed by atoms with van der Waals surface area (Å²) in [7, 11) is 0. The molecule has 0 aromatic heterocycles. The van der Waals surface area contributed by atoms with E-state index in [2.05, 4.69) is 5.32 Å². The molecule has 1 amide bonds.